The minimum atomic E-state index is 0.746. The first-order valence-electron chi connectivity index (χ1n) is 7.72. The summed E-state index contributed by atoms with van der Waals surface area (Å²) in [6.45, 7) is 12.1. The van der Waals surface area contributed by atoms with Crippen LogP contribution in [0.5, 0.6) is 0 Å². The van der Waals surface area contributed by atoms with E-state index in [4.69, 9.17) is 0 Å². The molecule has 1 aliphatic rings. The third-order valence-electron chi connectivity index (χ3n) is 3.92. The SMILES string of the molecule is CCCCC(CC)NCC(C)CN1CCCC1. The molecule has 2 unspecified atom stereocenters. The molecule has 0 aliphatic carbocycles. The van der Waals surface area contributed by atoms with Crippen molar-refractivity contribution in [1.82, 2.24) is 10.2 Å². The van der Waals surface area contributed by atoms with Crippen LogP contribution in [0, 0.1) is 5.92 Å². The van der Waals surface area contributed by atoms with Crippen LogP contribution in [0.4, 0.5) is 0 Å². The molecule has 0 aromatic rings. The number of nitrogens with one attached hydrogen (secondary N) is 1. The van der Waals surface area contributed by atoms with Gasteiger partial charge in [0.1, 0.15) is 0 Å². The molecule has 1 aliphatic heterocycles. The molecule has 2 atom stereocenters. The van der Waals surface area contributed by atoms with Crippen molar-refractivity contribution < 1.29 is 0 Å². The Labute approximate surface area is 108 Å². The van der Waals surface area contributed by atoms with Gasteiger partial charge < -0.3 is 10.2 Å². The molecule has 0 amide bonds. The fourth-order valence-electron chi connectivity index (χ4n) is 2.74. The standard InChI is InChI=1S/C15H32N2/c1-4-6-9-15(5-2)16-12-14(3)13-17-10-7-8-11-17/h14-16H,4-13H2,1-3H3. The number of hydrogen-bond acceptors (Lipinski definition) is 2. The van der Waals surface area contributed by atoms with E-state index in [0.29, 0.717) is 0 Å². The van der Waals surface area contributed by atoms with E-state index in [-0.39, 0.29) is 0 Å². The molecular formula is C15H32N2. The summed E-state index contributed by atoms with van der Waals surface area (Å²) < 4.78 is 0. The molecule has 0 spiro atoms. The Morgan fingerprint density at radius 3 is 2.47 bits per heavy atom. The maximum atomic E-state index is 3.75. The minimum Gasteiger partial charge on any atom is -0.314 e. The van der Waals surface area contributed by atoms with Crippen molar-refractivity contribution in [3.05, 3.63) is 0 Å². The summed E-state index contributed by atoms with van der Waals surface area (Å²) in [5.41, 5.74) is 0. The fraction of sp³-hybridized carbons (Fsp3) is 1.00. The molecule has 0 bridgehead atoms. The Morgan fingerprint density at radius 2 is 1.88 bits per heavy atom. The molecule has 1 N–H and O–H groups in total. The molecule has 0 radical (unpaired) electrons. The molecule has 0 aromatic carbocycles. The van der Waals surface area contributed by atoms with E-state index in [0.717, 1.165) is 12.0 Å². The third kappa shape index (κ3) is 6.42. The molecule has 1 heterocycles. The van der Waals surface area contributed by atoms with Gasteiger partial charge in [0.25, 0.3) is 0 Å². The summed E-state index contributed by atoms with van der Waals surface area (Å²) >= 11 is 0. The number of rotatable bonds is 9. The first kappa shape index (κ1) is 15.0. The first-order valence-corrected chi connectivity index (χ1v) is 7.72. The van der Waals surface area contributed by atoms with Crippen LogP contribution in [-0.4, -0.2) is 37.1 Å². The summed E-state index contributed by atoms with van der Waals surface area (Å²) in [5, 5.41) is 3.75. The molecule has 17 heavy (non-hydrogen) atoms. The lowest BCUT2D eigenvalue weighted by Crippen LogP contribution is -2.36. The molecule has 1 saturated heterocycles. The average molecular weight is 240 g/mol. The zero-order valence-corrected chi connectivity index (χ0v) is 12.2. The van der Waals surface area contributed by atoms with Gasteiger partial charge in [-0.3, -0.25) is 0 Å². The quantitative estimate of drug-likeness (QED) is 0.665. The maximum absolute atomic E-state index is 3.75. The largest absolute Gasteiger partial charge is 0.314 e. The predicted octanol–water partition coefficient (Wildman–Crippen LogP) is 3.28. The monoisotopic (exact) mass is 240 g/mol. The second-order valence-corrected chi connectivity index (χ2v) is 5.77. The second kappa shape index (κ2) is 8.93. The summed E-state index contributed by atoms with van der Waals surface area (Å²) in [6, 6.07) is 0.746. The van der Waals surface area contributed by atoms with Crippen LogP contribution < -0.4 is 5.32 Å². The minimum absolute atomic E-state index is 0.746. The molecule has 2 heteroatoms. The molecule has 2 nitrogen and oxygen atoms in total. The Hall–Kier alpha value is -0.0800. The highest BCUT2D eigenvalue weighted by Gasteiger charge is 2.15. The average Bonchev–Trinajstić information content (AvgIpc) is 2.82. The normalized spacial score (nSPS) is 20.6. The Kier molecular flexibility index (Phi) is 7.87. The van der Waals surface area contributed by atoms with Gasteiger partial charge in [0.15, 0.2) is 0 Å². The number of likely N-dealkylation sites (tertiary alicyclic amines) is 1. The van der Waals surface area contributed by atoms with E-state index in [1.807, 2.05) is 0 Å². The maximum Gasteiger partial charge on any atom is 0.00645 e. The summed E-state index contributed by atoms with van der Waals surface area (Å²) in [4.78, 5) is 2.62. The second-order valence-electron chi connectivity index (χ2n) is 5.77. The van der Waals surface area contributed by atoms with Crippen molar-refractivity contribution in [3.8, 4) is 0 Å². The lowest BCUT2D eigenvalue weighted by atomic mass is 10.1. The van der Waals surface area contributed by atoms with E-state index < -0.39 is 0 Å². The molecule has 0 aromatic heterocycles. The number of nitrogens with zero attached hydrogens (tertiary/aromatic N) is 1. The van der Waals surface area contributed by atoms with Gasteiger partial charge in [0.2, 0.25) is 0 Å². The van der Waals surface area contributed by atoms with Crippen LogP contribution >= 0.6 is 0 Å². The van der Waals surface area contributed by atoms with Crippen LogP contribution in [-0.2, 0) is 0 Å². The van der Waals surface area contributed by atoms with Crippen LogP contribution in [0.15, 0.2) is 0 Å². The lowest BCUT2D eigenvalue weighted by Gasteiger charge is -2.23. The Balaban J connectivity index is 2.09. The Bertz CT molecular complexity index is 176. The van der Waals surface area contributed by atoms with Crippen molar-refractivity contribution >= 4 is 0 Å². The molecule has 1 rings (SSSR count). The van der Waals surface area contributed by atoms with Gasteiger partial charge in [-0.2, -0.15) is 0 Å². The van der Waals surface area contributed by atoms with Gasteiger partial charge in [-0.05, 0) is 51.2 Å². The molecule has 102 valence electrons. The highest BCUT2D eigenvalue weighted by atomic mass is 15.1. The molecule has 0 saturated carbocycles. The molecule has 1 fully saturated rings. The van der Waals surface area contributed by atoms with Gasteiger partial charge >= 0.3 is 0 Å². The predicted molar refractivity (Wildman–Crippen MR) is 76.4 cm³/mol. The van der Waals surface area contributed by atoms with Gasteiger partial charge in [-0.15, -0.1) is 0 Å². The number of unbranched alkanes of at least 4 members (excludes halogenated alkanes) is 1. The fourth-order valence-corrected chi connectivity index (χ4v) is 2.74. The molecular weight excluding hydrogens is 208 g/mol. The Morgan fingerprint density at radius 1 is 1.18 bits per heavy atom. The van der Waals surface area contributed by atoms with Crippen molar-refractivity contribution in [2.24, 2.45) is 5.92 Å². The smallest absolute Gasteiger partial charge is 0.00645 e. The van der Waals surface area contributed by atoms with Gasteiger partial charge in [0, 0.05) is 12.6 Å². The highest BCUT2D eigenvalue weighted by Crippen LogP contribution is 2.10. The summed E-state index contributed by atoms with van der Waals surface area (Å²) in [6.07, 6.45) is 8.13. The topological polar surface area (TPSA) is 15.3 Å². The summed E-state index contributed by atoms with van der Waals surface area (Å²) in [7, 11) is 0. The van der Waals surface area contributed by atoms with Crippen LogP contribution in [0.3, 0.4) is 0 Å². The van der Waals surface area contributed by atoms with Gasteiger partial charge in [0.05, 0.1) is 0 Å². The van der Waals surface area contributed by atoms with Crippen LogP contribution in [0.2, 0.25) is 0 Å². The van der Waals surface area contributed by atoms with Crippen molar-refractivity contribution in [2.75, 3.05) is 26.2 Å². The van der Waals surface area contributed by atoms with E-state index in [2.05, 4.69) is 31.0 Å². The van der Waals surface area contributed by atoms with E-state index in [1.54, 1.807) is 0 Å². The zero-order chi connectivity index (χ0) is 12.5. The van der Waals surface area contributed by atoms with Crippen LogP contribution in [0.1, 0.15) is 59.3 Å². The highest BCUT2D eigenvalue weighted by molar-refractivity contribution is 4.72. The van der Waals surface area contributed by atoms with E-state index >= 15 is 0 Å². The van der Waals surface area contributed by atoms with Crippen molar-refractivity contribution in [1.29, 1.82) is 0 Å². The van der Waals surface area contributed by atoms with E-state index in [9.17, 15) is 0 Å². The zero-order valence-electron chi connectivity index (χ0n) is 12.2. The third-order valence-corrected chi connectivity index (χ3v) is 3.92. The van der Waals surface area contributed by atoms with Crippen LogP contribution in [0.25, 0.3) is 0 Å². The summed E-state index contributed by atoms with van der Waals surface area (Å²) in [5.74, 6) is 0.795. The lowest BCUT2D eigenvalue weighted by molar-refractivity contribution is 0.275. The van der Waals surface area contributed by atoms with Crippen molar-refractivity contribution in [2.45, 2.75) is 65.3 Å². The van der Waals surface area contributed by atoms with E-state index in [1.165, 1.54) is 64.7 Å². The van der Waals surface area contributed by atoms with Gasteiger partial charge in [-0.25, -0.2) is 0 Å². The first-order chi connectivity index (χ1) is 8.26. The van der Waals surface area contributed by atoms with Crippen molar-refractivity contribution in [3.63, 3.8) is 0 Å². The number of hydrogen-bond donors (Lipinski definition) is 1. The van der Waals surface area contributed by atoms with Gasteiger partial charge in [-0.1, -0.05) is 33.6 Å².